The summed E-state index contributed by atoms with van der Waals surface area (Å²) >= 11 is 6.18. The fourth-order valence-electron chi connectivity index (χ4n) is 4.54. The van der Waals surface area contributed by atoms with Crippen molar-refractivity contribution in [1.29, 1.82) is 0 Å². The number of hydrogen-bond donors (Lipinski definition) is 2. The molecule has 0 aliphatic heterocycles. The number of ether oxygens (including phenoxy) is 1. The Hall–Kier alpha value is -3.84. The second-order valence-electron chi connectivity index (χ2n) is 10.1. The first-order chi connectivity index (χ1) is 18.5. The largest absolute Gasteiger partial charge is 0.479 e. The highest BCUT2D eigenvalue weighted by atomic mass is 35.5. The van der Waals surface area contributed by atoms with Gasteiger partial charge in [0.05, 0.1) is 6.54 Å². The molecule has 0 bridgehead atoms. The lowest BCUT2D eigenvalue weighted by Gasteiger charge is -2.15. The summed E-state index contributed by atoms with van der Waals surface area (Å²) in [5.41, 5.74) is 5.94. The molecule has 0 saturated carbocycles. The zero-order valence-corrected chi connectivity index (χ0v) is 23.4. The van der Waals surface area contributed by atoms with E-state index in [1.54, 1.807) is 12.1 Å². The maximum atomic E-state index is 15.2. The minimum Gasteiger partial charge on any atom is -0.479 e. The molecule has 0 aliphatic rings. The third kappa shape index (κ3) is 5.93. The van der Waals surface area contributed by atoms with Gasteiger partial charge in [-0.3, -0.25) is 4.79 Å². The number of aryl methyl sites for hydroxylation is 1. The standard InChI is InChI=1S/C31H32ClFN2O4/c1-17(2)22-8-6-7-21(13-22)15-34-30(36)23-9-11-26-25(14-23)18(3)19(4)35(26)16-24-10-12-27(28(32)29(24)33)39-20(5)31(37)38/h6-14,17,20H,15-16H2,1-5H3,(H,34,36)(H,37,38)/t20-/m0/s1. The van der Waals surface area contributed by atoms with Crippen LogP contribution in [0.2, 0.25) is 5.02 Å². The van der Waals surface area contributed by atoms with Crippen LogP contribution in [0.25, 0.3) is 10.9 Å². The molecule has 4 aromatic rings. The topological polar surface area (TPSA) is 80.6 Å². The highest BCUT2D eigenvalue weighted by Crippen LogP contribution is 2.33. The number of carbonyl (C=O) groups is 2. The number of carboxylic acids is 1. The first-order valence-corrected chi connectivity index (χ1v) is 13.2. The zero-order chi connectivity index (χ0) is 28.4. The van der Waals surface area contributed by atoms with E-state index in [1.807, 2.05) is 42.7 Å². The number of aromatic nitrogens is 1. The minimum absolute atomic E-state index is 0.0235. The lowest BCUT2D eigenvalue weighted by atomic mass is 10.0. The van der Waals surface area contributed by atoms with Crippen LogP contribution in [0.4, 0.5) is 4.39 Å². The predicted octanol–water partition coefficient (Wildman–Crippen LogP) is 7.00. The summed E-state index contributed by atoms with van der Waals surface area (Å²) in [6, 6.07) is 16.7. The Bertz CT molecular complexity index is 1560. The van der Waals surface area contributed by atoms with Gasteiger partial charge in [0, 0.05) is 34.3 Å². The van der Waals surface area contributed by atoms with Crippen LogP contribution in [-0.2, 0) is 17.9 Å². The number of fused-ring (bicyclic) bond motifs is 1. The molecule has 8 heteroatoms. The SMILES string of the molecule is Cc1c(C)n(Cc2ccc(O[C@@H](C)C(=O)O)c(Cl)c2F)c2ccc(C(=O)NCc3cccc(C(C)C)c3)cc12. The zero-order valence-electron chi connectivity index (χ0n) is 22.6. The van der Waals surface area contributed by atoms with Crippen LogP contribution < -0.4 is 10.1 Å². The van der Waals surface area contributed by atoms with Crippen molar-refractivity contribution in [2.24, 2.45) is 0 Å². The molecule has 1 atom stereocenters. The second-order valence-corrected chi connectivity index (χ2v) is 10.4. The molecule has 6 nitrogen and oxygen atoms in total. The number of benzene rings is 3. The maximum Gasteiger partial charge on any atom is 0.344 e. The van der Waals surface area contributed by atoms with Gasteiger partial charge in [-0.15, -0.1) is 0 Å². The van der Waals surface area contributed by atoms with E-state index in [1.165, 1.54) is 18.6 Å². The van der Waals surface area contributed by atoms with Gasteiger partial charge in [0.25, 0.3) is 5.91 Å². The molecule has 1 aromatic heterocycles. The molecule has 0 radical (unpaired) electrons. The summed E-state index contributed by atoms with van der Waals surface area (Å²) in [7, 11) is 0. The van der Waals surface area contributed by atoms with Crippen LogP contribution in [0.5, 0.6) is 5.75 Å². The van der Waals surface area contributed by atoms with Crippen LogP contribution in [0.3, 0.4) is 0 Å². The van der Waals surface area contributed by atoms with Crippen molar-refractivity contribution in [3.05, 3.63) is 98.9 Å². The van der Waals surface area contributed by atoms with Crippen LogP contribution in [-0.4, -0.2) is 27.7 Å². The number of carboxylic acid groups (broad SMARTS) is 1. The summed E-state index contributed by atoms with van der Waals surface area (Å²) in [5, 5.41) is 12.7. The highest BCUT2D eigenvalue weighted by molar-refractivity contribution is 6.32. The molecule has 0 fully saturated rings. The Morgan fingerprint density at radius 1 is 1.08 bits per heavy atom. The molecule has 0 aliphatic carbocycles. The Morgan fingerprint density at radius 3 is 2.51 bits per heavy atom. The summed E-state index contributed by atoms with van der Waals surface area (Å²) in [4.78, 5) is 24.1. The van der Waals surface area contributed by atoms with Gasteiger partial charge in [0.1, 0.15) is 10.8 Å². The van der Waals surface area contributed by atoms with Gasteiger partial charge in [-0.05, 0) is 67.6 Å². The number of carbonyl (C=O) groups excluding carboxylic acids is 1. The van der Waals surface area contributed by atoms with Crippen molar-refractivity contribution in [2.45, 2.75) is 59.7 Å². The van der Waals surface area contributed by atoms with Crippen LogP contribution in [0.1, 0.15) is 65.0 Å². The number of aliphatic carboxylic acids is 1. The van der Waals surface area contributed by atoms with E-state index >= 15 is 4.39 Å². The Kier molecular flexibility index (Phi) is 8.31. The number of amides is 1. The molecule has 0 unspecified atom stereocenters. The van der Waals surface area contributed by atoms with Crippen molar-refractivity contribution >= 4 is 34.4 Å². The van der Waals surface area contributed by atoms with E-state index in [9.17, 15) is 9.59 Å². The van der Waals surface area contributed by atoms with Crippen LogP contribution in [0, 0.1) is 19.7 Å². The smallest absolute Gasteiger partial charge is 0.344 e. The fourth-order valence-corrected chi connectivity index (χ4v) is 4.77. The average molecular weight is 551 g/mol. The monoisotopic (exact) mass is 550 g/mol. The van der Waals surface area contributed by atoms with E-state index in [2.05, 4.69) is 31.3 Å². The van der Waals surface area contributed by atoms with Gasteiger partial charge in [-0.2, -0.15) is 0 Å². The summed E-state index contributed by atoms with van der Waals surface area (Å²) < 4.78 is 22.4. The van der Waals surface area contributed by atoms with Gasteiger partial charge in [-0.1, -0.05) is 55.8 Å². The van der Waals surface area contributed by atoms with Gasteiger partial charge in [-0.25, -0.2) is 9.18 Å². The first kappa shape index (κ1) is 28.2. The second kappa shape index (κ2) is 11.5. The molecule has 3 aromatic carbocycles. The molecule has 1 heterocycles. The van der Waals surface area contributed by atoms with Crippen molar-refractivity contribution in [3.63, 3.8) is 0 Å². The molecule has 1 amide bonds. The van der Waals surface area contributed by atoms with E-state index in [0.717, 1.165) is 27.7 Å². The number of hydrogen-bond acceptors (Lipinski definition) is 3. The normalized spacial score (nSPS) is 12.1. The van der Waals surface area contributed by atoms with E-state index in [0.29, 0.717) is 23.6 Å². The van der Waals surface area contributed by atoms with Crippen molar-refractivity contribution in [2.75, 3.05) is 0 Å². The van der Waals surface area contributed by atoms with Crippen molar-refractivity contribution in [1.82, 2.24) is 9.88 Å². The number of rotatable bonds is 9. The molecule has 0 spiro atoms. The molecule has 4 rings (SSSR count). The number of nitrogens with zero attached hydrogens (tertiary/aromatic N) is 1. The Morgan fingerprint density at radius 2 is 1.82 bits per heavy atom. The molecule has 0 saturated heterocycles. The lowest BCUT2D eigenvalue weighted by Crippen LogP contribution is -2.23. The third-order valence-corrected chi connectivity index (χ3v) is 7.43. The van der Waals surface area contributed by atoms with E-state index < -0.39 is 17.9 Å². The fraction of sp³-hybridized carbons (Fsp3) is 0.290. The first-order valence-electron chi connectivity index (χ1n) is 12.8. The quantitative estimate of drug-likeness (QED) is 0.235. The molecule has 2 N–H and O–H groups in total. The van der Waals surface area contributed by atoms with E-state index in [-0.39, 0.29) is 23.2 Å². The van der Waals surface area contributed by atoms with Gasteiger partial charge < -0.3 is 19.7 Å². The summed E-state index contributed by atoms with van der Waals surface area (Å²) in [6.07, 6.45) is -1.16. The molecule has 39 heavy (non-hydrogen) atoms. The van der Waals surface area contributed by atoms with Crippen LogP contribution in [0.15, 0.2) is 54.6 Å². The van der Waals surface area contributed by atoms with Crippen LogP contribution >= 0.6 is 11.6 Å². The molecular weight excluding hydrogens is 519 g/mol. The third-order valence-electron chi connectivity index (χ3n) is 7.08. The van der Waals surface area contributed by atoms with Crippen molar-refractivity contribution in [3.8, 4) is 5.75 Å². The molecular formula is C31H32ClFN2O4. The van der Waals surface area contributed by atoms with Gasteiger partial charge in [0.2, 0.25) is 0 Å². The van der Waals surface area contributed by atoms with E-state index in [4.69, 9.17) is 21.4 Å². The minimum atomic E-state index is -1.17. The summed E-state index contributed by atoms with van der Waals surface area (Å²) in [5.74, 6) is -1.61. The molecule has 204 valence electrons. The highest BCUT2D eigenvalue weighted by Gasteiger charge is 2.20. The Labute approximate surface area is 232 Å². The predicted molar refractivity (Wildman–Crippen MR) is 151 cm³/mol. The number of halogens is 2. The number of nitrogens with one attached hydrogen (secondary N) is 1. The van der Waals surface area contributed by atoms with Gasteiger partial charge in [0.15, 0.2) is 11.9 Å². The van der Waals surface area contributed by atoms with Crippen molar-refractivity contribution < 1.29 is 23.8 Å². The maximum absolute atomic E-state index is 15.2. The Balaban J connectivity index is 1.56. The lowest BCUT2D eigenvalue weighted by molar-refractivity contribution is -0.144. The summed E-state index contributed by atoms with van der Waals surface area (Å²) in [6.45, 7) is 10.2. The average Bonchev–Trinajstić information content (AvgIpc) is 3.15. The van der Waals surface area contributed by atoms with Gasteiger partial charge >= 0.3 is 5.97 Å².